The highest BCUT2D eigenvalue weighted by molar-refractivity contribution is 7.99. The predicted molar refractivity (Wildman–Crippen MR) is 72.1 cm³/mol. The van der Waals surface area contributed by atoms with Crippen LogP contribution in [0.15, 0.2) is 0 Å². The molecule has 1 saturated heterocycles. The quantitative estimate of drug-likeness (QED) is 0.722. The number of nitrogens with zero attached hydrogens (tertiary/aromatic N) is 1. The van der Waals surface area contributed by atoms with Crippen LogP contribution in [0.1, 0.15) is 26.7 Å². The van der Waals surface area contributed by atoms with E-state index in [9.17, 15) is 0 Å². The first-order valence-corrected chi connectivity index (χ1v) is 7.56. The number of thioether (sulfide) groups is 1. The first-order chi connectivity index (χ1) is 7.77. The van der Waals surface area contributed by atoms with E-state index in [2.05, 4.69) is 18.7 Å². The second-order valence-electron chi connectivity index (χ2n) is 4.41. The molecule has 2 atom stereocenters. The van der Waals surface area contributed by atoms with Crippen LogP contribution in [-0.4, -0.2) is 54.8 Å². The molecule has 1 aliphatic heterocycles. The first-order valence-electron chi connectivity index (χ1n) is 6.41. The van der Waals surface area contributed by atoms with E-state index in [0.29, 0.717) is 12.1 Å². The number of hydrogen-bond donors (Lipinski definition) is 1. The smallest absolute Gasteiger partial charge is 0.0674 e. The van der Waals surface area contributed by atoms with Gasteiger partial charge in [-0.3, -0.25) is 4.90 Å². The Morgan fingerprint density at radius 2 is 2.38 bits per heavy atom. The van der Waals surface area contributed by atoms with Crippen LogP contribution < -0.4 is 5.73 Å². The lowest BCUT2D eigenvalue weighted by Gasteiger charge is -2.30. The number of hydrogen-bond acceptors (Lipinski definition) is 4. The molecule has 0 radical (unpaired) electrons. The topological polar surface area (TPSA) is 38.5 Å². The lowest BCUT2D eigenvalue weighted by molar-refractivity contribution is 0.0610. The van der Waals surface area contributed by atoms with Crippen LogP contribution in [0.3, 0.4) is 0 Å². The summed E-state index contributed by atoms with van der Waals surface area (Å²) >= 11 is 2.01. The molecule has 1 fully saturated rings. The number of ether oxygens (including phenoxy) is 1. The molecule has 0 saturated carbocycles. The summed E-state index contributed by atoms with van der Waals surface area (Å²) < 4.78 is 5.67. The maximum absolute atomic E-state index is 5.89. The zero-order chi connectivity index (χ0) is 11.8. The van der Waals surface area contributed by atoms with E-state index in [4.69, 9.17) is 10.5 Å². The van der Waals surface area contributed by atoms with Crippen molar-refractivity contribution in [3.8, 4) is 0 Å². The van der Waals surface area contributed by atoms with Gasteiger partial charge in [-0.2, -0.15) is 11.8 Å². The molecule has 0 bridgehead atoms. The van der Waals surface area contributed by atoms with E-state index >= 15 is 0 Å². The van der Waals surface area contributed by atoms with Gasteiger partial charge in [0.25, 0.3) is 0 Å². The fraction of sp³-hybridized carbons (Fsp3) is 1.00. The summed E-state index contributed by atoms with van der Waals surface area (Å²) in [6, 6.07) is 0.545. The van der Waals surface area contributed by atoms with Crippen LogP contribution in [0.5, 0.6) is 0 Å². The van der Waals surface area contributed by atoms with Gasteiger partial charge in [0.1, 0.15) is 0 Å². The molecule has 0 amide bonds. The molecule has 0 aromatic heterocycles. The Kier molecular flexibility index (Phi) is 7.45. The van der Waals surface area contributed by atoms with Gasteiger partial charge >= 0.3 is 0 Å². The summed E-state index contributed by atoms with van der Waals surface area (Å²) in [4.78, 5) is 2.52. The fourth-order valence-electron chi connectivity index (χ4n) is 2.17. The van der Waals surface area contributed by atoms with E-state index in [1.54, 1.807) is 0 Å². The van der Waals surface area contributed by atoms with Crippen LogP contribution >= 0.6 is 11.8 Å². The van der Waals surface area contributed by atoms with Gasteiger partial charge in [-0.25, -0.2) is 0 Å². The van der Waals surface area contributed by atoms with Gasteiger partial charge < -0.3 is 10.5 Å². The van der Waals surface area contributed by atoms with Crippen LogP contribution in [0.25, 0.3) is 0 Å². The van der Waals surface area contributed by atoms with Crippen molar-refractivity contribution in [3.05, 3.63) is 0 Å². The van der Waals surface area contributed by atoms with Crippen molar-refractivity contribution in [2.45, 2.75) is 38.8 Å². The van der Waals surface area contributed by atoms with Crippen molar-refractivity contribution in [1.82, 2.24) is 4.90 Å². The highest BCUT2D eigenvalue weighted by atomic mass is 32.2. The summed E-state index contributed by atoms with van der Waals surface area (Å²) in [5.74, 6) is 2.43. The van der Waals surface area contributed by atoms with Gasteiger partial charge in [-0.1, -0.05) is 6.92 Å². The number of rotatable bonds is 6. The summed E-state index contributed by atoms with van der Waals surface area (Å²) in [6.45, 7) is 8.23. The standard InChI is InChI=1S/C12H26N2OS/c1-3-16-8-5-12(9-13)14-6-4-7-15-11(2)10-14/h11-12H,3-10,13H2,1-2H3. The molecule has 1 rings (SSSR count). The minimum Gasteiger partial charge on any atom is -0.377 e. The van der Waals surface area contributed by atoms with E-state index in [1.807, 2.05) is 11.8 Å². The third-order valence-corrected chi connectivity index (χ3v) is 4.00. The lowest BCUT2D eigenvalue weighted by Crippen LogP contribution is -2.44. The zero-order valence-corrected chi connectivity index (χ0v) is 11.5. The molecule has 0 aromatic carbocycles. The van der Waals surface area contributed by atoms with Crippen LogP contribution in [0.4, 0.5) is 0 Å². The Bertz CT molecular complexity index is 180. The molecule has 4 heteroatoms. The van der Waals surface area contributed by atoms with Crippen LogP contribution in [0.2, 0.25) is 0 Å². The van der Waals surface area contributed by atoms with Crippen molar-refractivity contribution < 1.29 is 4.74 Å². The van der Waals surface area contributed by atoms with Gasteiger partial charge in [-0.15, -0.1) is 0 Å². The van der Waals surface area contributed by atoms with Crippen LogP contribution in [-0.2, 0) is 4.74 Å². The summed E-state index contributed by atoms with van der Waals surface area (Å²) in [5, 5.41) is 0. The predicted octanol–water partition coefficient (Wildman–Crippen LogP) is 1.57. The normalized spacial score (nSPS) is 25.3. The minimum absolute atomic E-state index is 0.357. The third kappa shape index (κ3) is 5.04. The second-order valence-corrected chi connectivity index (χ2v) is 5.80. The summed E-state index contributed by atoms with van der Waals surface area (Å²) in [7, 11) is 0. The molecule has 1 heterocycles. The molecule has 0 aliphatic carbocycles. The lowest BCUT2D eigenvalue weighted by atomic mass is 10.1. The van der Waals surface area contributed by atoms with Gasteiger partial charge in [0.2, 0.25) is 0 Å². The molecule has 16 heavy (non-hydrogen) atoms. The third-order valence-electron chi connectivity index (χ3n) is 3.07. The first kappa shape index (κ1) is 14.3. The molecular formula is C12H26N2OS. The van der Waals surface area contributed by atoms with Crippen molar-refractivity contribution in [2.24, 2.45) is 5.73 Å². The number of nitrogens with two attached hydrogens (primary N) is 1. The maximum atomic E-state index is 5.89. The van der Waals surface area contributed by atoms with Gasteiger partial charge in [0.05, 0.1) is 6.10 Å². The molecule has 96 valence electrons. The Balaban J connectivity index is 2.36. The summed E-state index contributed by atoms with van der Waals surface area (Å²) in [5.41, 5.74) is 5.89. The highest BCUT2D eigenvalue weighted by Gasteiger charge is 2.21. The zero-order valence-electron chi connectivity index (χ0n) is 10.7. The van der Waals surface area contributed by atoms with E-state index in [-0.39, 0.29) is 0 Å². The van der Waals surface area contributed by atoms with E-state index in [0.717, 1.165) is 32.7 Å². The average Bonchev–Trinajstić information content (AvgIpc) is 2.49. The summed E-state index contributed by atoms with van der Waals surface area (Å²) in [6.07, 6.45) is 2.71. The second kappa shape index (κ2) is 8.34. The molecule has 1 aliphatic rings. The SMILES string of the molecule is CCSCCC(CN)N1CCCOC(C)C1. The Morgan fingerprint density at radius 1 is 1.56 bits per heavy atom. The van der Waals surface area contributed by atoms with Crippen molar-refractivity contribution in [1.29, 1.82) is 0 Å². The Labute approximate surface area is 104 Å². The Morgan fingerprint density at radius 3 is 3.06 bits per heavy atom. The van der Waals surface area contributed by atoms with Crippen molar-refractivity contribution >= 4 is 11.8 Å². The molecular weight excluding hydrogens is 220 g/mol. The molecule has 0 aromatic rings. The van der Waals surface area contributed by atoms with Crippen molar-refractivity contribution in [2.75, 3.05) is 37.7 Å². The van der Waals surface area contributed by atoms with Crippen LogP contribution in [0, 0.1) is 0 Å². The fourth-order valence-corrected chi connectivity index (χ4v) is 2.90. The molecule has 0 spiro atoms. The molecule has 2 N–H and O–H groups in total. The van der Waals surface area contributed by atoms with Crippen molar-refractivity contribution in [3.63, 3.8) is 0 Å². The Hall–Kier alpha value is 0.230. The molecule has 2 unspecified atom stereocenters. The maximum Gasteiger partial charge on any atom is 0.0674 e. The highest BCUT2D eigenvalue weighted by Crippen LogP contribution is 2.13. The van der Waals surface area contributed by atoms with Gasteiger partial charge in [0.15, 0.2) is 0 Å². The van der Waals surface area contributed by atoms with E-state index in [1.165, 1.54) is 17.9 Å². The van der Waals surface area contributed by atoms with Gasteiger partial charge in [0, 0.05) is 32.3 Å². The minimum atomic E-state index is 0.357. The molecule has 3 nitrogen and oxygen atoms in total. The largest absolute Gasteiger partial charge is 0.377 e. The van der Waals surface area contributed by atoms with E-state index < -0.39 is 0 Å². The monoisotopic (exact) mass is 246 g/mol. The van der Waals surface area contributed by atoms with Gasteiger partial charge in [-0.05, 0) is 31.3 Å². The average molecular weight is 246 g/mol.